The Bertz CT molecular complexity index is 881. The predicted octanol–water partition coefficient (Wildman–Crippen LogP) is 3.62. The lowest BCUT2D eigenvalue weighted by atomic mass is 9.95. The van der Waals surface area contributed by atoms with Crippen LogP contribution in [0.15, 0.2) is 24.3 Å². The van der Waals surface area contributed by atoms with Crippen molar-refractivity contribution in [3.8, 4) is 0 Å². The van der Waals surface area contributed by atoms with E-state index in [2.05, 4.69) is 10.6 Å². The molecule has 0 radical (unpaired) electrons. The van der Waals surface area contributed by atoms with Gasteiger partial charge in [-0.1, -0.05) is 51.3 Å². The van der Waals surface area contributed by atoms with Crippen LogP contribution in [0.25, 0.3) is 0 Å². The van der Waals surface area contributed by atoms with Crippen LogP contribution in [0.1, 0.15) is 81.1 Å². The summed E-state index contributed by atoms with van der Waals surface area (Å²) in [5, 5.41) is 6.02. The van der Waals surface area contributed by atoms with E-state index in [1.165, 1.54) is 0 Å². The number of hydrogen-bond donors (Lipinski definition) is 2. The molecule has 0 bridgehead atoms. The Morgan fingerprint density at radius 1 is 1.23 bits per heavy atom. The van der Waals surface area contributed by atoms with Crippen LogP contribution in [-0.2, 0) is 9.59 Å². The van der Waals surface area contributed by atoms with Gasteiger partial charge in [0.05, 0.1) is 0 Å². The molecule has 7 heteroatoms. The molecule has 0 spiro atoms. The second kappa shape index (κ2) is 8.49. The van der Waals surface area contributed by atoms with Gasteiger partial charge in [-0.25, -0.2) is 0 Å². The number of nitrogens with one attached hydrogen (secondary N) is 2. The van der Waals surface area contributed by atoms with Crippen molar-refractivity contribution in [1.82, 2.24) is 15.5 Å². The van der Waals surface area contributed by atoms with Crippen molar-refractivity contribution in [2.24, 2.45) is 5.92 Å². The Labute approximate surface area is 188 Å². The number of hydrogen-bond acceptors (Lipinski definition) is 4. The molecule has 3 aliphatic rings. The molecule has 2 fully saturated rings. The van der Waals surface area contributed by atoms with Crippen LogP contribution in [0.2, 0.25) is 0 Å². The normalized spacial score (nSPS) is 26.3. The molecule has 2 aliphatic heterocycles. The summed E-state index contributed by atoms with van der Waals surface area (Å²) in [6.45, 7) is 8.03. The van der Waals surface area contributed by atoms with E-state index in [4.69, 9.17) is 0 Å². The Morgan fingerprint density at radius 3 is 2.58 bits per heavy atom. The summed E-state index contributed by atoms with van der Waals surface area (Å²) >= 11 is 1.64. The SMILES string of the molecule is CC[C@@H](C)[C@H](NC(=O)[C@H]1N2C(=O)c3ccccc3[C@H]2SC1(C)C)C(=O)NC1CCCC1. The van der Waals surface area contributed by atoms with Crippen LogP contribution in [0, 0.1) is 5.92 Å². The number of thioether (sulfide) groups is 1. The molecule has 31 heavy (non-hydrogen) atoms. The van der Waals surface area contributed by atoms with Crippen LogP contribution in [-0.4, -0.2) is 45.5 Å². The first-order chi connectivity index (χ1) is 14.7. The molecule has 1 aliphatic carbocycles. The molecule has 1 aromatic rings. The van der Waals surface area contributed by atoms with E-state index in [0.717, 1.165) is 37.7 Å². The fourth-order valence-corrected chi connectivity index (χ4v) is 6.69. The highest BCUT2D eigenvalue weighted by Gasteiger charge is 2.57. The van der Waals surface area contributed by atoms with E-state index < -0.39 is 16.8 Å². The second-order valence-corrected chi connectivity index (χ2v) is 11.4. The van der Waals surface area contributed by atoms with Crippen LogP contribution < -0.4 is 10.6 Å². The van der Waals surface area contributed by atoms with E-state index in [1.54, 1.807) is 16.7 Å². The van der Waals surface area contributed by atoms with Gasteiger partial charge in [0, 0.05) is 16.4 Å². The van der Waals surface area contributed by atoms with E-state index in [0.29, 0.717) is 5.56 Å². The number of amides is 3. The summed E-state index contributed by atoms with van der Waals surface area (Å²) in [6.07, 6.45) is 5.06. The molecular formula is C24H33N3O3S. The van der Waals surface area contributed by atoms with Crippen LogP contribution in [0.4, 0.5) is 0 Å². The number of carbonyl (C=O) groups is 3. The Balaban J connectivity index is 1.55. The summed E-state index contributed by atoms with van der Waals surface area (Å²) in [4.78, 5) is 41.5. The van der Waals surface area contributed by atoms with Crippen LogP contribution in [0.5, 0.6) is 0 Å². The van der Waals surface area contributed by atoms with Crippen molar-refractivity contribution >= 4 is 29.5 Å². The molecule has 4 atom stereocenters. The molecule has 1 saturated heterocycles. The average Bonchev–Trinajstić information content (AvgIpc) is 3.41. The third-order valence-electron chi connectivity index (χ3n) is 7.04. The van der Waals surface area contributed by atoms with Gasteiger partial charge in [0.15, 0.2) is 0 Å². The number of carbonyl (C=O) groups excluding carboxylic acids is 3. The zero-order valence-electron chi connectivity index (χ0n) is 18.8. The average molecular weight is 444 g/mol. The number of benzene rings is 1. The highest BCUT2D eigenvalue weighted by molar-refractivity contribution is 8.01. The van der Waals surface area contributed by atoms with Crippen molar-refractivity contribution in [3.63, 3.8) is 0 Å². The maximum Gasteiger partial charge on any atom is 0.256 e. The molecule has 0 unspecified atom stereocenters. The van der Waals surface area contributed by atoms with E-state index in [9.17, 15) is 14.4 Å². The molecule has 6 nitrogen and oxygen atoms in total. The smallest absolute Gasteiger partial charge is 0.256 e. The monoisotopic (exact) mass is 443 g/mol. The minimum atomic E-state index is -0.631. The molecular weight excluding hydrogens is 410 g/mol. The van der Waals surface area contributed by atoms with E-state index >= 15 is 0 Å². The number of rotatable bonds is 6. The molecule has 1 saturated carbocycles. The number of fused-ring (bicyclic) bond motifs is 3. The largest absolute Gasteiger partial charge is 0.352 e. The maximum absolute atomic E-state index is 13.6. The lowest BCUT2D eigenvalue weighted by Crippen LogP contribution is -2.59. The van der Waals surface area contributed by atoms with Crippen molar-refractivity contribution in [2.75, 3.05) is 0 Å². The first kappa shape index (κ1) is 22.2. The van der Waals surface area contributed by atoms with Crippen molar-refractivity contribution in [2.45, 2.75) is 88.0 Å². The quantitative estimate of drug-likeness (QED) is 0.704. The summed E-state index contributed by atoms with van der Waals surface area (Å²) < 4.78 is -0.458. The van der Waals surface area contributed by atoms with Gasteiger partial charge in [-0.3, -0.25) is 14.4 Å². The summed E-state index contributed by atoms with van der Waals surface area (Å²) in [6, 6.07) is 6.56. The van der Waals surface area contributed by atoms with Gasteiger partial charge in [-0.15, -0.1) is 11.8 Å². The zero-order valence-corrected chi connectivity index (χ0v) is 19.6. The third-order valence-corrected chi connectivity index (χ3v) is 8.57. The van der Waals surface area contributed by atoms with E-state index in [1.807, 2.05) is 52.0 Å². The van der Waals surface area contributed by atoms with Crippen molar-refractivity contribution in [1.29, 1.82) is 0 Å². The molecule has 1 aromatic carbocycles. The molecule has 2 N–H and O–H groups in total. The summed E-state index contributed by atoms with van der Waals surface area (Å²) in [5.74, 6) is -0.446. The first-order valence-corrected chi connectivity index (χ1v) is 12.3. The summed E-state index contributed by atoms with van der Waals surface area (Å²) in [7, 11) is 0. The Hall–Kier alpha value is -2.02. The zero-order chi connectivity index (χ0) is 22.3. The minimum Gasteiger partial charge on any atom is -0.352 e. The molecule has 4 rings (SSSR count). The van der Waals surface area contributed by atoms with Crippen molar-refractivity contribution in [3.05, 3.63) is 35.4 Å². The maximum atomic E-state index is 13.6. The predicted molar refractivity (Wildman–Crippen MR) is 123 cm³/mol. The van der Waals surface area contributed by atoms with Gasteiger partial charge < -0.3 is 15.5 Å². The first-order valence-electron chi connectivity index (χ1n) is 11.4. The van der Waals surface area contributed by atoms with Gasteiger partial charge in [0.25, 0.3) is 5.91 Å². The standard InChI is InChI=1S/C24H33N3O3S/c1-5-14(2)18(20(28)25-15-10-6-7-11-15)26-21(29)19-24(3,4)31-23-17-13-9-8-12-16(17)22(30)27(19)23/h8-9,12-15,18-19,23H,5-7,10-11H2,1-4H3,(H,25,28)(H,26,29)/t14-,18+,19-,23-/m1/s1. The lowest BCUT2D eigenvalue weighted by molar-refractivity contribution is -0.133. The lowest BCUT2D eigenvalue weighted by Gasteiger charge is -2.32. The minimum absolute atomic E-state index is 0.00444. The van der Waals surface area contributed by atoms with Gasteiger partial charge in [-0.05, 0) is 44.2 Å². The Morgan fingerprint density at radius 2 is 1.90 bits per heavy atom. The van der Waals surface area contributed by atoms with Gasteiger partial charge in [-0.2, -0.15) is 0 Å². The molecule has 3 amide bonds. The molecule has 168 valence electrons. The van der Waals surface area contributed by atoms with Gasteiger partial charge >= 0.3 is 0 Å². The van der Waals surface area contributed by atoms with Gasteiger partial charge in [0.2, 0.25) is 11.8 Å². The fraction of sp³-hybridized carbons (Fsp3) is 0.625. The molecule has 2 heterocycles. The van der Waals surface area contributed by atoms with Crippen LogP contribution in [0.3, 0.4) is 0 Å². The van der Waals surface area contributed by atoms with Gasteiger partial charge in [0.1, 0.15) is 17.5 Å². The fourth-order valence-electron chi connectivity index (χ4n) is 5.10. The Kier molecular flexibility index (Phi) is 6.08. The highest BCUT2D eigenvalue weighted by Crippen LogP contribution is 2.56. The summed E-state index contributed by atoms with van der Waals surface area (Å²) in [5.41, 5.74) is 1.64. The van der Waals surface area contributed by atoms with Crippen LogP contribution >= 0.6 is 11.8 Å². The highest BCUT2D eigenvalue weighted by atomic mass is 32.2. The number of nitrogens with zero attached hydrogens (tertiary/aromatic N) is 1. The van der Waals surface area contributed by atoms with Crippen molar-refractivity contribution < 1.29 is 14.4 Å². The third kappa shape index (κ3) is 3.97. The van der Waals surface area contributed by atoms with E-state index in [-0.39, 0.29) is 35.1 Å². The second-order valence-electron chi connectivity index (χ2n) is 9.64. The topological polar surface area (TPSA) is 78.5 Å². The molecule has 0 aromatic heterocycles.